The number of unbranched alkanes of at least 4 members (excludes halogenated alkanes) is 10. The number of rotatable bonds is 15. The zero-order chi connectivity index (χ0) is 14.7. The van der Waals surface area contributed by atoms with Gasteiger partial charge >= 0.3 is 0 Å². The van der Waals surface area contributed by atoms with E-state index in [4.69, 9.17) is 5.73 Å². The van der Waals surface area contributed by atoms with Gasteiger partial charge in [-0.25, -0.2) is 0 Å². The summed E-state index contributed by atoms with van der Waals surface area (Å²) in [5.74, 6) is 0. The summed E-state index contributed by atoms with van der Waals surface area (Å²) < 4.78 is 0. The van der Waals surface area contributed by atoms with Gasteiger partial charge in [0, 0.05) is 0 Å². The Hall–Kier alpha value is -0.560. The molecule has 0 amide bonds. The fraction of sp³-hybridized carbons (Fsp3) is 0.789. The Morgan fingerprint density at radius 3 is 1.40 bits per heavy atom. The van der Waals surface area contributed by atoms with Crippen LogP contribution in [0, 0.1) is 0 Å². The number of hydrogen-bond acceptors (Lipinski definition) is 1. The molecule has 1 heteroatoms. The molecule has 118 valence electrons. The van der Waals surface area contributed by atoms with E-state index in [2.05, 4.69) is 31.2 Å². The van der Waals surface area contributed by atoms with Crippen LogP contribution in [0.5, 0.6) is 0 Å². The first kappa shape index (κ1) is 19.4. The van der Waals surface area contributed by atoms with Gasteiger partial charge in [0.25, 0.3) is 0 Å². The molecule has 0 radical (unpaired) electrons. The predicted octanol–water partition coefficient (Wildman–Crippen LogP) is 6.15. The minimum Gasteiger partial charge on any atom is -0.330 e. The summed E-state index contributed by atoms with van der Waals surface area (Å²) in [7, 11) is 0. The maximum absolute atomic E-state index is 5.47. The average Bonchev–Trinajstić information content (AvgIpc) is 2.47. The van der Waals surface area contributed by atoms with E-state index < -0.39 is 0 Å². The molecule has 2 N–H and O–H groups in total. The van der Waals surface area contributed by atoms with Crippen molar-refractivity contribution in [1.29, 1.82) is 0 Å². The zero-order valence-corrected chi connectivity index (χ0v) is 13.8. The molecule has 0 saturated heterocycles. The molecule has 0 aliphatic carbocycles. The summed E-state index contributed by atoms with van der Waals surface area (Å²) in [6.45, 7) is 3.08. The van der Waals surface area contributed by atoms with Gasteiger partial charge in [-0.05, 0) is 57.9 Å². The summed E-state index contributed by atoms with van der Waals surface area (Å²) in [5, 5.41) is 0. The number of hydrogen-bond donors (Lipinski definition) is 1. The first-order chi connectivity index (χ1) is 9.91. The standard InChI is InChI=1S/C19H37N/c1-2-3-4-5-6-7-8-9-10-11-12-13-14-15-16-17-18-19-20/h4-5,13-14H,2-3,6-12,15-20H2,1H3/b5-4-,14-13-. The van der Waals surface area contributed by atoms with E-state index in [0.29, 0.717) is 0 Å². The molecule has 0 rings (SSSR count). The van der Waals surface area contributed by atoms with Crippen LogP contribution < -0.4 is 5.73 Å². The third-order valence-corrected chi connectivity index (χ3v) is 3.61. The van der Waals surface area contributed by atoms with Crippen molar-refractivity contribution < 1.29 is 0 Å². The quantitative estimate of drug-likeness (QED) is 0.282. The molecule has 0 aromatic carbocycles. The zero-order valence-electron chi connectivity index (χ0n) is 13.8. The predicted molar refractivity (Wildman–Crippen MR) is 93.0 cm³/mol. The second kappa shape index (κ2) is 18.4. The van der Waals surface area contributed by atoms with E-state index in [9.17, 15) is 0 Å². The van der Waals surface area contributed by atoms with E-state index >= 15 is 0 Å². The highest BCUT2D eigenvalue weighted by Gasteiger charge is 1.89. The topological polar surface area (TPSA) is 26.0 Å². The molecule has 0 aliphatic rings. The highest BCUT2D eigenvalue weighted by molar-refractivity contribution is 4.82. The molecule has 0 aromatic rings. The van der Waals surface area contributed by atoms with E-state index in [1.54, 1.807) is 0 Å². The van der Waals surface area contributed by atoms with Gasteiger partial charge in [-0.15, -0.1) is 0 Å². The van der Waals surface area contributed by atoms with Crippen LogP contribution in [-0.4, -0.2) is 6.54 Å². The van der Waals surface area contributed by atoms with Crippen LogP contribution in [0.15, 0.2) is 24.3 Å². The normalized spacial score (nSPS) is 11.9. The summed E-state index contributed by atoms with van der Waals surface area (Å²) in [5.41, 5.74) is 5.47. The van der Waals surface area contributed by atoms with Gasteiger partial charge in [0.15, 0.2) is 0 Å². The highest BCUT2D eigenvalue weighted by atomic mass is 14.5. The van der Waals surface area contributed by atoms with Crippen LogP contribution in [0.25, 0.3) is 0 Å². The largest absolute Gasteiger partial charge is 0.330 e. The maximum Gasteiger partial charge on any atom is -0.00773 e. The Bertz CT molecular complexity index is 218. The van der Waals surface area contributed by atoms with E-state index in [-0.39, 0.29) is 0 Å². The molecule has 0 atom stereocenters. The second-order valence-electron chi connectivity index (χ2n) is 5.71. The number of nitrogens with two attached hydrogens (primary N) is 1. The smallest absolute Gasteiger partial charge is 0.00773 e. The van der Waals surface area contributed by atoms with Crippen molar-refractivity contribution in [2.45, 2.75) is 90.4 Å². The van der Waals surface area contributed by atoms with Crippen LogP contribution in [0.1, 0.15) is 90.4 Å². The third-order valence-electron chi connectivity index (χ3n) is 3.61. The van der Waals surface area contributed by atoms with Crippen LogP contribution >= 0.6 is 0 Å². The number of allylic oxidation sites excluding steroid dienone is 4. The van der Waals surface area contributed by atoms with Gasteiger partial charge in [0.05, 0.1) is 0 Å². The van der Waals surface area contributed by atoms with Gasteiger partial charge in [0.1, 0.15) is 0 Å². The van der Waals surface area contributed by atoms with Crippen molar-refractivity contribution in [3.8, 4) is 0 Å². The third kappa shape index (κ3) is 17.4. The van der Waals surface area contributed by atoms with Gasteiger partial charge in [-0.2, -0.15) is 0 Å². The lowest BCUT2D eigenvalue weighted by Crippen LogP contribution is -1.97. The molecule has 1 nitrogen and oxygen atoms in total. The molecular formula is C19H37N. The van der Waals surface area contributed by atoms with Crippen LogP contribution in [0.3, 0.4) is 0 Å². The minimum atomic E-state index is 0.845. The lowest BCUT2D eigenvalue weighted by molar-refractivity contribution is 0.621. The monoisotopic (exact) mass is 279 g/mol. The summed E-state index contributed by atoms with van der Waals surface area (Å²) in [4.78, 5) is 0. The Kier molecular flexibility index (Phi) is 17.9. The Balaban J connectivity index is 3.07. The molecule has 0 saturated carbocycles. The fourth-order valence-corrected chi connectivity index (χ4v) is 2.28. The summed E-state index contributed by atoms with van der Waals surface area (Å²) in [6.07, 6.45) is 26.5. The summed E-state index contributed by atoms with van der Waals surface area (Å²) in [6, 6.07) is 0. The first-order valence-electron chi connectivity index (χ1n) is 8.92. The molecule has 0 spiro atoms. The second-order valence-corrected chi connectivity index (χ2v) is 5.71. The minimum absolute atomic E-state index is 0.845. The van der Waals surface area contributed by atoms with E-state index in [1.807, 2.05) is 0 Å². The van der Waals surface area contributed by atoms with Crippen molar-refractivity contribution >= 4 is 0 Å². The lowest BCUT2D eigenvalue weighted by Gasteiger charge is -1.98. The van der Waals surface area contributed by atoms with Crippen LogP contribution in [0.2, 0.25) is 0 Å². The summed E-state index contributed by atoms with van der Waals surface area (Å²) >= 11 is 0. The molecule has 0 aliphatic heterocycles. The van der Waals surface area contributed by atoms with Crippen molar-refractivity contribution in [3.05, 3.63) is 24.3 Å². The Labute approximate surface area is 127 Å². The SMILES string of the molecule is CCC/C=C\CCCCCCC/C=C\CCCCCN. The van der Waals surface area contributed by atoms with E-state index in [1.165, 1.54) is 83.5 Å². The van der Waals surface area contributed by atoms with Gasteiger partial charge in [-0.3, -0.25) is 0 Å². The molecule has 0 heterocycles. The molecule has 0 fully saturated rings. The average molecular weight is 280 g/mol. The molecule has 0 aromatic heterocycles. The van der Waals surface area contributed by atoms with Crippen molar-refractivity contribution in [2.24, 2.45) is 5.73 Å². The molecule has 20 heavy (non-hydrogen) atoms. The maximum atomic E-state index is 5.47. The van der Waals surface area contributed by atoms with Gasteiger partial charge < -0.3 is 5.73 Å². The van der Waals surface area contributed by atoms with Crippen molar-refractivity contribution in [1.82, 2.24) is 0 Å². The van der Waals surface area contributed by atoms with Crippen LogP contribution in [0.4, 0.5) is 0 Å². The van der Waals surface area contributed by atoms with E-state index in [0.717, 1.165) is 6.54 Å². The van der Waals surface area contributed by atoms with Crippen molar-refractivity contribution in [2.75, 3.05) is 6.54 Å². The molecule has 0 bridgehead atoms. The molecule has 0 unspecified atom stereocenters. The van der Waals surface area contributed by atoms with Gasteiger partial charge in [-0.1, -0.05) is 63.3 Å². The van der Waals surface area contributed by atoms with Crippen molar-refractivity contribution in [3.63, 3.8) is 0 Å². The fourth-order valence-electron chi connectivity index (χ4n) is 2.28. The highest BCUT2D eigenvalue weighted by Crippen LogP contribution is 2.09. The van der Waals surface area contributed by atoms with Gasteiger partial charge in [0.2, 0.25) is 0 Å². The lowest BCUT2D eigenvalue weighted by atomic mass is 10.1. The Morgan fingerprint density at radius 1 is 0.550 bits per heavy atom. The molecular weight excluding hydrogens is 242 g/mol. The van der Waals surface area contributed by atoms with Crippen LogP contribution in [-0.2, 0) is 0 Å². The Morgan fingerprint density at radius 2 is 0.950 bits per heavy atom. The first-order valence-corrected chi connectivity index (χ1v) is 8.92.